The summed E-state index contributed by atoms with van der Waals surface area (Å²) in [5.41, 5.74) is 4.75. The second-order valence-corrected chi connectivity index (χ2v) is 5.11. The zero-order valence-electron chi connectivity index (χ0n) is 11.9. The van der Waals surface area contributed by atoms with Crippen LogP contribution in [0.4, 0.5) is 13.2 Å². The van der Waals surface area contributed by atoms with E-state index in [-0.39, 0.29) is 24.0 Å². The number of ether oxygens (including phenoxy) is 1. The molecule has 1 atom stereocenters. The average Bonchev–Trinajstić information content (AvgIpc) is 2.89. The molecule has 1 aromatic rings. The molecule has 0 radical (unpaired) electrons. The van der Waals surface area contributed by atoms with Gasteiger partial charge in [0.25, 0.3) is 5.91 Å². The fraction of sp³-hybridized carbons (Fsp3) is 0.400. The molecule has 0 saturated carbocycles. The fourth-order valence-corrected chi connectivity index (χ4v) is 2.29. The van der Waals surface area contributed by atoms with Crippen LogP contribution >= 0.6 is 0 Å². The molecule has 2 N–H and O–H groups in total. The highest BCUT2D eigenvalue weighted by Gasteiger charge is 2.33. The molecule has 1 aliphatic heterocycles. The number of carbonyl (C=O) groups is 1. The van der Waals surface area contributed by atoms with Crippen molar-refractivity contribution in [1.82, 2.24) is 4.90 Å². The van der Waals surface area contributed by atoms with Gasteiger partial charge in [0.05, 0.1) is 11.1 Å². The molecule has 1 fully saturated rings. The summed E-state index contributed by atoms with van der Waals surface area (Å²) in [7, 11) is 0. The van der Waals surface area contributed by atoms with Gasteiger partial charge in [-0.15, -0.1) is 0 Å². The summed E-state index contributed by atoms with van der Waals surface area (Å²) < 4.78 is 43.9. The summed E-state index contributed by atoms with van der Waals surface area (Å²) in [6.45, 7) is 4.34. The second kappa shape index (κ2) is 6.39. The lowest BCUT2D eigenvalue weighted by Gasteiger charge is -2.19. The highest BCUT2D eigenvalue weighted by atomic mass is 19.4. The van der Waals surface area contributed by atoms with Crippen molar-refractivity contribution in [2.75, 3.05) is 19.7 Å². The number of halogens is 3. The Balaban J connectivity index is 2.35. The molecule has 0 aromatic heterocycles. The Bertz CT molecular complexity index is 572. The zero-order valence-corrected chi connectivity index (χ0v) is 11.9. The Labute approximate surface area is 126 Å². The number of alkyl halides is 3. The average molecular weight is 314 g/mol. The molecule has 0 unspecified atom stereocenters. The Morgan fingerprint density at radius 3 is 2.77 bits per heavy atom. The lowest BCUT2D eigenvalue weighted by atomic mass is 10.1. The highest BCUT2D eigenvalue weighted by molar-refractivity contribution is 5.97. The van der Waals surface area contributed by atoms with Gasteiger partial charge in [-0.3, -0.25) is 4.79 Å². The van der Waals surface area contributed by atoms with Crippen molar-refractivity contribution in [3.05, 3.63) is 42.0 Å². The van der Waals surface area contributed by atoms with E-state index in [4.69, 9.17) is 10.5 Å². The minimum absolute atomic E-state index is 0.102. The lowest BCUT2D eigenvalue weighted by molar-refractivity contribution is -0.137. The van der Waals surface area contributed by atoms with Crippen LogP contribution in [0.3, 0.4) is 0 Å². The first-order chi connectivity index (χ1) is 10.3. The van der Waals surface area contributed by atoms with Crippen LogP contribution in [0.1, 0.15) is 22.3 Å². The van der Waals surface area contributed by atoms with Crippen LogP contribution in [0.5, 0.6) is 5.75 Å². The van der Waals surface area contributed by atoms with E-state index in [9.17, 15) is 18.0 Å². The first-order valence-electron chi connectivity index (χ1n) is 6.82. The number of hydrogen-bond acceptors (Lipinski definition) is 3. The van der Waals surface area contributed by atoms with Gasteiger partial charge in [-0.25, -0.2) is 0 Å². The van der Waals surface area contributed by atoms with Crippen LogP contribution in [0.15, 0.2) is 30.9 Å². The normalized spacial score (nSPS) is 18.4. The van der Waals surface area contributed by atoms with E-state index in [2.05, 4.69) is 6.58 Å². The number of carbonyl (C=O) groups excluding carboxylic acids is 1. The molecule has 1 heterocycles. The van der Waals surface area contributed by atoms with E-state index in [0.717, 1.165) is 18.2 Å². The number of nitrogens with two attached hydrogens (primary N) is 1. The van der Waals surface area contributed by atoms with E-state index in [0.29, 0.717) is 19.5 Å². The predicted molar refractivity (Wildman–Crippen MR) is 75.6 cm³/mol. The van der Waals surface area contributed by atoms with Gasteiger partial charge in [-0.05, 0) is 24.6 Å². The van der Waals surface area contributed by atoms with Gasteiger partial charge in [0, 0.05) is 19.1 Å². The van der Waals surface area contributed by atoms with Crippen LogP contribution in [0.2, 0.25) is 0 Å². The van der Waals surface area contributed by atoms with Crippen LogP contribution in [-0.4, -0.2) is 36.5 Å². The first kappa shape index (κ1) is 16.4. The fourth-order valence-electron chi connectivity index (χ4n) is 2.29. The maximum Gasteiger partial charge on any atom is 0.416 e. The van der Waals surface area contributed by atoms with Crippen molar-refractivity contribution in [3.8, 4) is 5.75 Å². The van der Waals surface area contributed by atoms with E-state index < -0.39 is 17.6 Å². The van der Waals surface area contributed by atoms with Crippen molar-refractivity contribution in [1.29, 1.82) is 0 Å². The summed E-state index contributed by atoms with van der Waals surface area (Å²) in [5, 5.41) is 0. The molecule has 120 valence electrons. The first-order valence-corrected chi connectivity index (χ1v) is 6.82. The van der Waals surface area contributed by atoms with Crippen LogP contribution in [-0.2, 0) is 6.18 Å². The molecule has 1 saturated heterocycles. The molecular weight excluding hydrogens is 297 g/mol. The van der Waals surface area contributed by atoms with Gasteiger partial charge >= 0.3 is 6.18 Å². The number of amides is 1. The zero-order chi connectivity index (χ0) is 16.3. The number of likely N-dealkylation sites (tertiary alicyclic amines) is 1. The number of rotatable bonds is 4. The topological polar surface area (TPSA) is 55.6 Å². The SMILES string of the molecule is C=CCOc1ccc(C(F)(F)F)cc1C(=O)N1CC[C@@H](N)C1. The molecular formula is C15H17F3N2O2. The Morgan fingerprint density at radius 2 is 2.23 bits per heavy atom. The molecule has 7 heteroatoms. The third kappa shape index (κ3) is 3.59. The lowest BCUT2D eigenvalue weighted by Crippen LogP contribution is -2.32. The van der Waals surface area contributed by atoms with Crippen LogP contribution in [0, 0.1) is 0 Å². The molecule has 0 spiro atoms. The summed E-state index contributed by atoms with van der Waals surface area (Å²) in [6, 6.07) is 2.73. The molecule has 1 aromatic carbocycles. The largest absolute Gasteiger partial charge is 0.489 e. The third-order valence-electron chi connectivity index (χ3n) is 3.41. The van der Waals surface area contributed by atoms with E-state index in [1.807, 2.05) is 0 Å². The number of hydrogen-bond donors (Lipinski definition) is 1. The monoisotopic (exact) mass is 314 g/mol. The Hall–Kier alpha value is -2.02. The van der Waals surface area contributed by atoms with Crippen LogP contribution < -0.4 is 10.5 Å². The molecule has 2 rings (SSSR count). The van der Waals surface area contributed by atoms with Crippen molar-refractivity contribution in [2.45, 2.75) is 18.6 Å². The van der Waals surface area contributed by atoms with Gasteiger partial charge in [0.2, 0.25) is 0 Å². The van der Waals surface area contributed by atoms with Crippen LogP contribution in [0.25, 0.3) is 0 Å². The van der Waals surface area contributed by atoms with Crippen molar-refractivity contribution in [2.24, 2.45) is 5.73 Å². The Kier molecular flexibility index (Phi) is 4.75. The minimum atomic E-state index is -4.52. The molecule has 0 bridgehead atoms. The van der Waals surface area contributed by atoms with E-state index in [1.165, 1.54) is 11.0 Å². The summed E-state index contributed by atoms with van der Waals surface area (Å²) in [4.78, 5) is 13.9. The van der Waals surface area contributed by atoms with E-state index in [1.54, 1.807) is 0 Å². The van der Waals surface area contributed by atoms with Gasteiger partial charge in [-0.1, -0.05) is 12.7 Å². The van der Waals surface area contributed by atoms with Crippen molar-refractivity contribution >= 4 is 5.91 Å². The van der Waals surface area contributed by atoms with Gasteiger partial charge < -0.3 is 15.4 Å². The summed E-state index contributed by atoms with van der Waals surface area (Å²) >= 11 is 0. The molecule has 0 aliphatic carbocycles. The second-order valence-electron chi connectivity index (χ2n) is 5.11. The maximum absolute atomic E-state index is 12.9. The van der Waals surface area contributed by atoms with Gasteiger partial charge in [-0.2, -0.15) is 13.2 Å². The summed E-state index contributed by atoms with van der Waals surface area (Å²) in [6.07, 6.45) is -2.43. The smallest absolute Gasteiger partial charge is 0.416 e. The minimum Gasteiger partial charge on any atom is -0.489 e. The molecule has 22 heavy (non-hydrogen) atoms. The standard InChI is InChI=1S/C15H17F3N2O2/c1-2-7-22-13-4-3-10(15(16,17)18)8-12(13)14(21)20-6-5-11(19)9-20/h2-4,8,11H,1,5-7,9,19H2/t11-/m1/s1. The maximum atomic E-state index is 12.9. The number of benzene rings is 1. The molecule has 1 aliphatic rings. The third-order valence-corrected chi connectivity index (χ3v) is 3.41. The van der Waals surface area contributed by atoms with Gasteiger partial charge in [0.15, 0.2) is 0 Å². The molecule has 4 nitrogen and oxygen atoms in total. The van der Waals surface area contributed by atoms with Gasteiger partial charge in [0.1, 0.15) is 12.4 Å². The van der Waals surface area contributed by atoms with Crippen molar-refractivity contribution < 1.29 is 22.7 Å². The van der Waals surface area contributed by atoms with E-state index >= 15 is 0 Å². The summed E-state index contributed by atoms with van der Waals surface area (Å²) in [5.74, 6) is -0.392. The highest BCUT2D eigenvalue weighted by Crippen LogP contribution is 2.33. The molecule has 1 amide bonds. The quantitative estimate of drug-likeness (QED) is 0.869. The van der Waals surface area contributed by atoms with Crippen molar-refractivity contribution in [3.63, 3.8) is 0 Å². The number of nitrogens with zero attached hydrogens (tertiary/aromatic N) is 1. The Morgan fingerprint density at radius 1 is 1.50 bits per heavy atom. The predicted octanol–water partition coefficient (Wildman–Crippen LogP) is 2.44.